The van der Waals surface area contributed by atoms with Gasteiger partial charge in [-0.1, -0.05) is 25.4 Å². The van der Waals surface area contributed by atoms with E-state index in [0.29, 0.717) is 29.9 Å². The highest BCUT2D eigenvalue weighted by atomic mass is 35.5. The van der Waals surface area contributed by atoms with Gasteiger partial charge in [0, 0.05) is 37.4 Å². The molecule has 1 N–H and O–H groups in total. The van der Waals surface area contributed by atoms with Crippen molar-refractivity contribution in [2.24, 2.45) is 5.92 Å². The van der Waals surface area contributed by atoms with Gasteiger partial charge in [0.15, 0.2) is 10.1 Å². The lowest BCUT2D eigenvalue weighted by Gasteiger charge is -2.06. The first-order valence-electron chi connectivity index (χ1n) is 7.22. The highest BCUT2D eigenvalue weighted by molar-refractivity contribution is 7.15. The normalized spacial score (nSPS) is 11.8. The summed E-state index contributed by atoms with van der Waals surface area (Å²) in [6.45, 7) is 6.23. The second-order valence-corrected chi connectivity index (χ2v) is 6.52. The molecule has 120 valence electrons. The number of carbonyl (C=O) groups is 1. The van der Waals surface area contributed by atoms with Crippen LogP contribution in [0.4, 0.5) is 0 Å². The van der Waals surface area contributed by atoms with Crippen LogP contribution in [0.1, 0.15) is 26.0 Å². The monoisotopic (exact) mass is 341 g/mol. The Bertz CT molecular complexity index is 648. The van der Waals surface area contributed by atoms with Crippen LogP contribution >= 0.6 is 22.9 Å². The first-order valence-corrected chi connectivity index (χ1v) is 8.48. The molecule has 0 bridgehead atoms. The third-order valence-corrected chi connectivity index (χ3v) is 3.90. The Labute approximate surface area is 138 Å². The Balaban J connectivity index is 1.75. The summed E-state index contributed by atoms with van der Waals surface area (Å²) >= 11 is 7.55. The average Bonchev–Trinajstić information content (AvgIpc) is 3.01. The molecule has 2 rings (SSSR count). The molecule has 0 aliphatic heterocycles. The summed E-state index contributed by atoms with van der Waals surface area (Å²) in [5.41, 5.74) is 0.716. The zero-order valence-electron chi connectivity index (χ0n) is 12.7. The number of nitrogens with zero attached hydrogens (tertiary/aromatic N) is 2. The van der Waals surface area contributed by atoms with Crippen LogP contribution in [0.3, 0.4) is 0 Å². The first kappa shape index (κ1) is 17.0. The van der Waals surface area contributed by atoms with Gasteiger partial charge in [0.25, 0.3) is 0 Å². The molecule has 0 unspecified atom stereocenters. The number of nitrogens with one attached hydrogen (secondary N) is 1. The molecular weight excluding hydrogens is 322 g/mol. The zero-order valence-corrected chi connectivity index (χ0v) is 14.3. The minimum atomic E-state index is -0.148. The second kappa shape index (κ2) is 8.31. The average molecular weight is 342 g/mol. The van der Waals surface area contributed by atoms with Crippen molar-refractivity contribution >= 4 is 39.9 Å². The van der Waals surface area contributed by atoms with E-state index in [1.54, 1.807) is 6.08 Å². The Morgan fingerprint density at radius 2 is 2.41 bits per heavy atom. The topological polar surface area (TPSA) is 55.6 Å². The van der Waals surface area contributed by atoms with Gasteiger partial charge in [-0.2, -0.15) is 0 Å². The number of carbonyl (C=O) groups excluding carboxylic acids is 1. The Morgan fingerprint density at radius 3 is 3.18 bits per heavy atom. The van der Waals surface area contributed by atoms with Crippen LogP contribution in [0.5, 0.6) is 0 Å². The number of imidazole rings is 1. The number of hydrogen-bond acceptors (Lipinski definition) is 4. The number of halogens is 1. The lowest BCUT2D eigenvalue weighted by Crippen LogP contribution is -2.23. The van der Waals surface area contributed by atoms with E-state index in [0.717, 1.165) is 18.0 Å². The van der Waals surface area contributed by atoms with Gasteiger partial charge >= 0.3 is 0 Å². The maximum absolute atomic E-state index is 11.8. The largest absolute Gasteiger partial charge is 0.381 e. The van der Waals surface area contributed by atoms with Crippen molar-refractivity contribution in [1.29, 1.82) is 0 Å². The summed E-state index contributed by atoms with van der Waals surface area (Å²) < 4.78 is 7.31. The molecule has 0 aromatic carbocycles. The Kier molecular flexibility index (Phi) is 6.42. The fraction of sp³-hybridized carbons (Fsp3) is 0.467. The highest BCUT2D eigenvalue weighted by Crippen LogP contribution is 2.22. The fourth-order valence-electron chi connectivity index (χ4n) is 1.84. The van der Waals surface area contributed by atoms with E-state index in [1.807, 2.05) is 16.0 Å². The van der Waals surface area contributed by atoms with Crippen molar-refractivity contribution in [3.8, 4) is 0 Å². The first-order chi connectivity index (χ1) is 10.6. The van der Waals surface area contributed by atoms with Crippen molar-refractivity contribution in [2.45, 2.75) is 20.3 Å². The van der Waals surface area contributed by atoms with Gasteiger partial charge in [-0.05, 0) is 18.4 Å². The summed E-state index contributed by atoms with van der Waals surface area (Å²) in [5.74, 6) is 0.386. The van der Waals surface area contributed by atoms with Crippen LogP contribution in [0, 0.1) is 5.92 Å². The zero-order chi connectivity index (χ0) is 15.9. The van der Waals surface area contributed by atoms with E-state index < -0.39 is 0 Å². The van der Waals surface area contributed by atoms with Gasteiger partial charge in [-0.25, -0.2) is 4.98 Å². The van der Waals surface area contributed by atoms with Crippen LogP contribution in [0.15, 0.2) is 17.7 Å². The molecule has 1 amide bonds. The number of amides is 1. The van der Waals surface area contributed by atoms with Gasteiger partial charge in [0.05, 0.1) is 5.69 Å². The summed E-state index contributed by atoms with van der Waals surface area (Å²) in [5, 5.41) is 5.14. The lowest BCUT2D eigenvalue weighted by molar-refractivity contribution is -0.116. The summed E-state index contributed by atoms with van der Waals surface area (Å²) in [4.78, 5) is 16.8. The van der Waals surface area contributed by atoms with E-state index >= 15 is 0 Å². The Hall–Kier alpha value is -1.37. The third-order valence-electron chi connectivity index (χ3n) is 2.86. The van der Waals surface area contributed by atoms with E-state index in [-0.39, 0.29) is 5.91 Å². The number of thiazole rings is 1. The van der Waals surface area contributed by atoms with Gasteiger partial charge in [0.2, 0.25) is 5.91 Å². The van der Waals surface area contributed by atoms with Gasteiger partial charge < -0.3 is 10.1 Å². The molecule has 22 heavy (non-hydrogen) atoms. The summed E-state index contributed by atoms with van der Waals surface area (Å²) in [6.07, 6.45) is 5.83. The van der Waals surface area contributed by atoms with Crippen LogP contribution in [0.2, 0.25) is 5.15 Å². The molecule has 5 nitrogen and oxygen atoms in total. The van der Waals surface area contributed by atoms with Crippen molar-refractivity contribution < 1.29 is 9.53 Å². The van der Waals surface area contributed by atoms with Crippen LogP contribution in [0.25, 0.3) is 11.0 Å². The van der Waals surface area contributed by atoms with E-state index in [4.69, 9.17) is 16.3 Å². The van der Waals surface area contributed by atoms with E-state index in [9.17, 15) is 4.79 Å². The standard InChI is InChI=1S/C15H20ClN3O2S/c1-11(2)10-21-8-3-6-17-13(20)5-4-12-14(16)18-15-19(12)7-9-22-15/h4-5,7,9,11H,3,6,8,10H2,1-2H3,(H,17,20)/b5-4+. The molecule has 7 heteroatoms. The van der Waals surface area contributed by atoms with Crippen LogP contribution < -0.4 is 5.32 Å². The lowest BCUT2D eigenvalue weighted by atomic mass is 10.2. The van der Waals surface area contributed by atoms with Crippen molar-refractivity contribution in [1.82, 2.24) is 14.7 Å². The molecule has 0 radical (unpaired) electrons. The van der Waals surface area contributed by atoms with Crippen LogP contribution in [-0.4, -0.2) is 35.1 Å². The van der Waals surface area contributed by atoms with Gasteiger partial charge in [0.1, 0.15) is 0 Å². The highest BCUT2D eigenvalue weighted by Gasteiger charge is 2.08. The van der Waals surface area contributed by atoms with Gasteiger partial charge in [-0.15, -0.1) is 11.3 Å². The minimum Gasteiger partial charge on any atom is -0.381 e. The molecule has 0 fully saturated rings. The molecule has 2 aromatic heterocycles. The second-order valence-electron chi connectivity index (χ2n) is 5.29. The number of fused-ring (bicyclic) bond motifs is 1. The Morgan fingerprint density at radius 1 is 1.59 bits per heavy atom. The van der Waals surface area contributed by atoms with E-state index in [1.165, 1.54) is 17.4 Å². The number of rotatable bonds is 8. The van der Waals surface area contributed by atoms with Crippen molar-refractivity contribution in [2.75, 3.05) is 19.8 Å². The maximum atomic E-state index is 11.8. The number of hydrogen-bond donors (Lipinski definition) is 1. The summed E-state index contributed by atoms with van der Waals surface area (Å²) in [7, 11) is 0. The molecule has 2 aromatic rings. The molecular formula is C15H20ClN3O2S. The summed E-state index contributed by atoms with van der Waals surface area (Å²) in [6, 6.07) is 0. The molecule has 0 saturated heterocycles. The maximum Gasteiger partial charge on any atom is 0.244 e. The molecule has 0 saturated carbocycles. The molecule has 0 spiro atoms. The van der Waals surface area contributed by atoms with Crippen LogP contribution in [-0.2, 0) is 9.53 Å². The number of aromatic nitrogens is 2. The SMILES string of the molecule is CC(C)COCCCNC(=O)/C=C/c1c(Cl)nc2sccn12. The van der Waals surface area contributed by atoms with Crippen molar-refractivity contribution in [3.05, 3.63) is 28.5 Å². The molecule has 0 atom stereocenters. The van der Waals surface area contributed by atoms with E-state index in [2.05, 4.69) is 24.1 Å². The smallest absolute Gasteiger partial charge is 0.244 e. The number of ether oxygens (including phenoxy) is 1. The minimum absolute atomic E-state index is 0.148. The fourth-order valence-corrected chi connectivity index (χ4v) is 2.85. The van der Waals surface area contributed by atoms with Crippen molar-refractivity contribution in [3.63, 3.8) is 0 Å². The molecule has 2 heterocycles. The predicted molar refractivity (Wildman–Crippen MR) is 90.4 cm³/mol. The quantitative estimate of drug-likeness (QED) is 0.592. The van der Waals surface area contributed by atoms with Gasteiger partial charge in [-0.3, -0.25) is 9.20 Å². The predicted octanol–water partition coefficient (Wildman–Crippen LogP) is 3.24. The third kappa shape index (κ3) is 4.83. The molecule has 0 aliphatic rings. The molecule has 0 aliphatic carbocycles.